The van der Waals surface area contributed by atoms with Crippen molar-refractivity contribution in [3.8, 4) is 0 Å². The lowest BCUT2D eigenvalue weighted by Gasteiger charge is -2.11. The van der Waals surface area contributed by atoms with Crippen molar-refractivity contribution in [3.05, 3.63) is 70.8 Å². The van der Waals surface area contributed by atoms with E-state index in [1.165, 1.54) is 37.8 Å². The van der Waals surface area contributed by atoms with Crippen LogP contribution in [0.4, 0.5) is 18.9 Å². The van der Waals surface area contributed by atoms with E-state index in [0.717, 1.165) is 17.8 Å². The molecular formula is C19H13ClF3N5O3S. The van der Waals surface area contributed by atoms with E-state index in [2.05, 4.69) is 30.6 Å². The molecule has 0 aliphatic carbocycles. The molecule has 2 amide bonds. The molecule has 2 aromatic heterocycles. The molecule has 0 saturated carbocycles. The monoisotopic (exact) mass is 483 g/mol. The first kappa shape index (κ1) is 23.4. The number of alkyl halides is 3. The van der Waals surface area contributed by atoms with Crippen molar-refractivity contribution >= 4 is 40.9 Å². The van der Waals surface area contributed by atoms with Gasteiger partial charge in [0.15, 0.2) is 0 Å². The maximum Gasteiger partial charge on any atom is 0.417 e. The zero-order valence-corrected chi connectivity index (χ0v) is 17.7. The summed E-state index contributed by atoms with van der Waals surface area (Å²) in [4.78, 5) is 40.7. The van der Waals surface area contributed by atoms with Crippen LogP contribution in [0.25, 0.3) is 0 Å². The van der Waals surface area contributed by atoms with Gasteiger partial charge in [-0.05, 0) is 42.1 Å². The van der Waals surface area contributed by atoms with Crippen LogP contribution in [0.1, 0.15) is 26.4 Å². The average molecular weight is 484 g/mol. The van der Waals surface area contributed by atoms with Crippen molar-refractivity contribution in [1.29, 1.82) is 0 Å². The lowest BCUT2D eigenvalue weighted by molar-refractivity contribution is -0.137. The lowest BCUT2D eigenvalue weighted by Crippen LogP contribution is -2.22. The van der Waals surface area contributed by atoms with Crippen molar-refractivity contribution in [3.63, 3.8) is 0 Å². The van der Waals surface area contributed by atoms with Gasteiger partial charge < -0.3 is 5.32 Å². The molecule has 0 fully saturated rings. The highest BCUT2D eigenvalue weighted by atomic mass is 35.5. The Balaban J connectivity index is 1.68. The Labute approximate surface area is 188 Å². The summed E-state index contributed by atoms with van der Waals surface area (Å²) in [5, 5.41) is 2.90. The predicted octanol–water partition coefficient (Wildman–Crippen LogP) is 4.24. The smallest absolute Gasteiger partial charge is 0.321 e. The molecule has 0 spiro atoms. The van der Waals surface area contributed by atoms with Gasteiger partial charge in [-0.2, -0.15) is 13.2 Å². The minimum atomic E-state index is -4.68. The van der Waals surface area contributed by atoms with E-state index >= 15 is 0 Å². The Bertz CT molecular complexity index is 1150. The molecule has 166 valence electrons. The number of hydrogen-bond acceptors (Lipinski definition) is 7. The number of rotatable bonds is 6. The number of amides is 2. The fraction of sp³-hybridized carbons (Fsp3) is 0.105. The van der Waals surface area contributed by atoms with Crippen molar-refractivity contribution in [2.24, 2.45) is 0 Å². The molecule has 3 aromatic rings. The molecule has 32 heavy (non-hydrogen) atoms. The number of hydroxylamine groups is 1. The highest BCUT2D eigenvalue weighted by Crippen LogP contribution is 2.35. The molecule has 3 rings (SSSR count). The van der Waals surface area contributed by atoms with E-state index in [1.807, 2.05) is 0 Å². The Morgan fingerprint density at radius 3 is 2.47 bits per heavy atom. The number of benzene rings is 1. The minimum absolute atomic E-state index is 0.0921. The average Bonchev–Trinajstić information content (AvgIpc) is 2.75. The second kappa shape index (κ2) is 9.94. The van der Waals surface area contributed by atoms with Crippen molar-refractivity contribution < 1.29 is 27.6 Å². The molecule has 0 unspecified atom stereocenters. The molecule has 0 radical (unpaired) electrons. The zero-order chi connectivity index (χ0) is 23.3. The molecule has 0 aliphatic rings. The summed E-state index contributed by atoms with van der Waals surface area (Å²) in [6.45, 7) is 0. The molecule has 2 heterocycles. The third kappa shape index (κ3) is 5.93. The molecule has 13 heteroatoms. The summed E-state index contributed by atoms with van der Waals surface area (Å²) < 4.78 is 39.0. The van der Waals surface area contributed by atoms with Crippen LogP contribution < -0.4 is 10.8 Å². The molecule has 0 aliphatic heterocycles. The number of hydrogen-bond donors (Lipinski definition) is 2. The Morgan fingerprint density at radius 2 is 1.81 bits per heavy atom. The molecule has 0 atom stereocenters. The number of carbonyl (C=O) groups excluding carboxylic acids is 2. The first-order chi connectivity index (χ1) is 15.2. The van der Waals surface area contributed by atoms with E-state index < -0.39 is 28.6 Å². The first-order valence-corrected chi connectivity index (χ1v) is 9.84. The van der Waals surface area contributed by atoms with Crippen molar-refractivity contribution in [1.82, 2.24) is 20.4 Å². The van der Waals surface area contributed by atoms with Gasteiger partial charge in [0.2, 0.25) is 0 Å². The summed E-state index contributed by atoms with van der Waals surface area (Å²) in [7, 11) is 1.29. The van der Waals surface area contributed by atoms with Crippen LogP contribution in [0.2, 0.25) is 5.02 Å². The van der Waals surface area contributed by atoms with Gasteiger partial charge in [-0.25, -0.2) is 20.4 Å². The van der Waals surface area contributed by atoms with Gasteiger partial charge in [0, 0.05) is 11.6 Å². The van der Waals surface area contributed by atoms with E-state index in [-0.39, 0.29) is 16.9 Å². The maximum absolute atomic E-state index is 13.0. The summed E-state index contributed by atoms with van der Waals surface area (Å²) in [6.07, 6.45) is -2.14. The van der Waals surface area contributed by atoms with Gasteiger partial charge in [0.05, 0.1) is 29.6 Å². The molecule has 1 aromatic carbocycles. The number of nitrogens with one attached hydrogen (secondary N) is 2. The van der Waals surface area contributed by atoms with Crippen LogP contribution in [0.15, 0.2) is 59.0 Å². The second-order valence-electron chi connectivity index (χ2n) is 6.01. The van der Waals surface area contributed by atoms with Gasteiger partial charge in [-0.1, -0.05) is 11.6 Å². The van der Waals surface area contributed by atoms with E-state index in [1.54, 1.807) is 6.07 Å². The number of nitrogens with zero attached hydrogens (tertiary/aromatic N) is 3. The van der Waals surface area contributed by atoms with E-state index in [4.69, 9.17) is 11.6 Å². The van der Waals surface area contributed by atoms with Gasteiger partial charge in [-0.3, -0.25) is 14.4 Å². The summed E-state index contributed by atoms with van der Waals surface area (Å²) >= 11 is 6.70. The molecule has 8 nitrogen and oxygen atoms in total. The summed E-state index contributed by atoms with van der Waals surface area (Å²) in [5.41, 5.74) is 1.20. The van der Waals surface area contributed by atoms with E-state index in [0.29, 0.717) is 16.1 Å². The van der Waals surface area contributed by atoms with Gasteiger partial charge >= 0.3 is 6.18 Å². The number of anilines is 1. The Morgan fingerprint density at radius 1 is 1.03 bits per heavy atom. The van der Waals surface area contributed by atoms with Crippen molar-refractivity contribution in [2.45, 2.75) is 16.2 Å². The largest absolute Gasteiger partial charge is 0.417 e. The van der Waals surface area contributed by atoms with Gasteiger partial charge in [-0.15, -0.1) is 0 Å². The lowest BCUT2D eigenvalue weighted by atomic mass is 10.1. The minimum Gasteiger partial charge on any atom is -0.321 e. The van der Waals surface area contributed by atoms with Gasteiger partial charge in [0.1, 0.15) is 22.1 Å². The van der Waals surface area contributed by atoms with Crippen LogP contribution in [-0.2, 0) is 11.0 Å². The van der Waals surface area contributed by atoms with Crippen molar-refractivity contribution in [2.75, 3.05) is 12.4 Å². The highest BCUT2D eigenvalue weighted by Gasteiger charge is 2.33. The summed E-state index contributed by atoms with van der Waals surface area (Å²) in [5.74, 6) is -1.29. The molecule has 2 N–H and O–H groups in total. The van der Waals surface area contributed by atoms with Gasteiger partial charge in [0.25, 0.3) is 11.8 Å². The van der Waals surface area contributed by atoms with Crippen LogP contribution in [-0.4, -0.2) is 33.9 Å². The van der Waals surface area contributed by atoms with Crippen LogP contribution in [0, 0.1) is 0 Å². The molecular weight excluding hydrogens is 471 g/mol. The normalized spacial score (nSPS) is 11.2. The Kier molecular flexibility index (Phi) is 7.28. The number of carbonyl (C=O) groups is 2. The third-order valence-corrected chi connectivity index (χ3v) is 5.02. The molecule has 0 saturated heterocycles. The highest BCUT2D eigenvalue weighted by molar-refractivity contribution is 7.99. The van der Waals surface area contributed by atoms with Crippen LogP contribution in [0.3, 0.4) is 0 Å². The second-order valence-corrected chi connectivity index (χ2v) is 7.46. The zero-order valence-electron chi connectivity index (χ0n) is 16.1. The summed E-state index contributed by atoms with van der Waals surface area (Å²) in [6, 6.07) is 7.42. The van der Waals surface area contributed by atoms with Crippen LogP contribution in [0.5, 0.6) is 0 Å². The maximum atomic E-state index is 13.0. The number of halogens is 4. The Hall–Kier alpha value is -3.22. The third-order valence-electron chi connectivity index (χ3n) is 3.81. The first-order valence-electron chi connectivity index (χ1n) is 8.64. The SMILES string of the molecule is CONC(=O)c1cc(Sc2ccc(NC(=O)c3ccc(Cl)c(C(F)(F)F)c3)cn2)ncn1. The standard InChI is InChI=1S/C19H13ClF3N5O3S/c1-31-28-18(30)14-7-16(26-9-25-14)32-15-5-3-11(8-24-15)27-17(29)10-2-4-13(20)12(6-10)19(21,22)23/h2-9H,1H3,(H,27,29)(H,28,30). The number of pyridine rings is 1. The number of aromatic nitrogens is 3. The fourth-order valence-electron chi connectivity index (χ4n) is 2.37. The topological polar surface area (TPSA) is 106 Å². The quantitative estimate of drug-likeness (QED) is 0.399. The van der Waals surface area contributed by atoms with Crippen LogP contribution >= 0.6 is 23.4 Å². The fourth-order valence-corrected chi connectivity index (χ4v) is 3.32. The van der Waals surface area contributed by atoms with E-state index in [9.17, 15) is 22.8 Å². The predicted molar refractivity (Wildman–Crippen MR) is 109 cm³/mol. The molecule has 0 bridgehead atoms.